The van der Waals surface area contributed by atoms with Gasteiger partial charge in [0.05, 0.1) is 0 Å². The Hall–Kier alpha value is -1.43. The number of unbranched alkanes of at least 4 members (excludes halogenated alkanes) is 1. The van der Waals surface area contributed by atoms with E-state index < -0.39 is 5.97 Å². The molecule has 0 aromatic rings. The number of hydrogen-bond donors (Lipinski definition) is 3. The van der Waals surface area contributed by atoms with Gasteiger partial charge in [0, 0.05) is 18.5 Å². The third-order valence-electron chi connectivity index (χ3n) is 1.86. The maximum Gasteiger partial charge on any atom is 0.354 e. The molecule has 6 heteroatoms. The molecule has 0 bridgehead atoms. The molecule has 0 spiro atoms. The second-order valence-corrected chi connectivity index (χ2v) is 3.56. The molecule has 0 unspecified atom stereocenters. The molecule has 0 atom stereocenters. The van der Waals surface area contributed by atoms with Gasteiger partial charge in [0.25, 0.3) is 0 Å². The van der Waals surface area contributed by atoms with Crippen LogP contribution in [-0.2, 0) is 9.59 Å². The number of allylic oxidation sites excluding steroid dienone is 1. The number of aliphatic carboxylic acids is 1. The summed E-state index contributed by atoms with van der Waals surface area (Å²) >= 11 is 4.57. The molecule has 0 rings (SSSR count). The first-order valence-corrected chi connectivity index (χ1v) is 5.45. The van der Waals surface area contributed by atoms with E-state index in [0.717, 1.165) is 6.42 Å². The van der Waals surface area contributed by atoms with E-state index in [1.807, 2.05) is 6.92 Å². The molecule has 0 fully saturated rings. The number of nitrogens with one attached hydrogen (secondary N) is 1. The van der Waals surface area contributed by atoms with E-state index in [0.29, 0.717) is 6.42 Å². The fraction of sp³-hybridized carbons (Fsp3) is 0.500. The predicted octanol–water partition coefficient (Wildman–Crippen LogP) is 0.938. The van der Waals surface area contributed by atoms with Gasteiger partial charge in [-0.2, -0.15) is 0 Å². The summed E-state index contributed by atoms with van der Waals surface area (Å²) in [5, 5.41) is 12.4. The quantitative estimate of drug-likeness (QED) is 0.458. The Bertz CT molecular complexity index is 313. The molecule has 0 aliphatic rings. The molecule has 0 saturated heterocycles. The zero-order valence-electron chi connectivity index (χ0n) is 9.16. The van der Waals surface area contributed by atoms with Crippen molar-refractivity contribution in [3.8, 4) is 0 Å². The highest BCUT2D eigenvalue weighted by Crippen LogP contribution is 2.01. The Labute approximate surface area is 99.7 Å². The van der Waals surface area contributed by atoms with Crippen LogP contribution in [0.15, 0.2) is 11.4 Å². The van der Waals surface area contributed by atoms with Gasteiger partial charge in [0.15, 0.2) is 0 Å². The van der Waals surface area contributed by atoms with Gasteiger partial charge < -0.3 is 16.2 Å². The average Bonchev–Trinajstić information content (AvgIpc) is 2.22. The number of amides is 1. The van der Waals surface area contributed by atoms with Crippen molar-refractivity contribution in [3.05, 3.63) is 11.4 Å². The lowest BCUT2D eigenvalue weighted by Gasteiger charge is -2.08. The second-order valence-electron chi connectivity index (χ2n) is 3.23. The van der Waals surface area contributed by atoms with Crippen LogP contribution in [0.1, 0.15) is 32.6 Å². The summed E-state index contributed by atoms with van der Waals surface area (Å²) in [5.41, 5.74) is 5.28. The first-order valence-electron chi connectivity index (χ1n) is 4.98. The molecule has 0 radical (unpaired) electrons. The Morgan fingerprint density at radius 1 is 1.50 bits per heavy atom. The molecule has 0 saturated carbocycles. The minimum absolute atomic E-state index is 0.0624. The molecule has 0 heterocycles. The maximum atomic E-state index is 11.3. The van der Waals surface area contributed by atoms with E-state index in [2.05, 4.69) is 17.5 Å². The fourth-order valence-electron chi connectivity index (χ4n) is 1.00. The number of carboxylic acid groups (broad SMARTS) is 1. The molecule has 5 nitrogen and oxygen atoms in total. The van der Waals surface area contributed by atoms with E-state index in [4.69, 9.17) is 10.8 Å². The fourth-order valence-corrected chi connectivity index (χ4v) is 1.18. The third-order valence-corrected chi connectivity index (χ3v) is 2.03. The van der Waals surface area contributed by atoms with Gasteiger partial charge in [0.1, 0.15) is 5.70 Å². The van der Waals surface area contributed by atoms with Crippen molar-refractivity contribution in [2.24, 2.45) is 5.73 Å². The molecule has 90 valence electrons. The summed E-state index contributed by atoms with van der Waals surface area (Å²) in [5.74, 6) is -1.59. The molecule has 0 aliphatic heterocycles. The number of hydrogen-bond acceptors (Lipinski definition) is 4. The van der Waals surface area contributed by atoms with Crippen molar-refractivity contribution in [2.75, 3.05) is 0 Å². The van der Waals surface area contributed by atoms with Crippen LogP contribution in [0.5, 0.6) is 0 Å². The van der Waals surface area contributed by atoms with Gasteiger partial charge in [-0.3, -0.25) is 4.79 Å². The minimum atomic E-state index is -1.25. The summed E-state index contributed by atoms with van der Waals surface area (Å²) in [4.78, 5) is 22.1. The normalized spacial score (nSPS) is 11.6. The second kappa shape index (κ2) is 7.81. The van der Waals surface area contributed by atoms with Crippen LogP contribution in [0, 0.1) is 0 Å². The van der Waals surface area contributed by atoms with Crippen molar-refractivity contribution in [2.45, 2.75) is 32.6 Å². The van der Waals surface area contributed by atoms with Crippen LogP contribution in [-0.4, -0.2) is 22.4 Å². The minimum Gasteiger partial charge on any atom is -0.477 e. The van der Waals surface area contributed by atoms with E-state index in [9.17, 15) is 9.59 Å². The van der Waals surface area contributed by atoms with E-state index in [-0.39, 0.29) is 30.1 Å². The smallest absolute Gasteiger partial charge is 0.354 e. The summed E-state index contributed by atoms with van der Waals surface area (Å²) < 4.78 is 0. The summed E-state index contributed by atoms with van der Waals surface area (Å²) in [7, 11) is 0. The summed E-state index contributed by atoms with van der Waals surface area (Å²) in [6, 6.07) is 0. The zero-order chi connectivity index (χ0) is 12.6. The SMILES string of the molecule is CCCCC(=O)N/C(C(=O)O)=C(\N)CC=S. The van der Waals surface area contributed by atoms with E-state index in [1.54, 1.807) is 0 Å². The highest BCUT2D eigenvalue weighted by atomic mass is 32.1. The molecule has 0 aromatic carbocycles. The standard InChI is InChI=1S/C10H16N2O3S/c1-2-3-4-8(13)12-9(10(14)15)7(11)5-6-16/h6H,2-5,11H2,1H3,(H,12,13)(H,14,15)/b9-7-. The summed E-state index contributed by atoms with van der Waals surface area (Å²) in [6.45, 7) is 1.95. The molecule has 0 aromatic heterocycles. The average molecular weight is 244 g/mol. The van der Waals surface area contributed by atoms with Gasteiger partial charge in [-0.1, -0.05) is 25.6 Å². The number of carboxylic acids is 1. The molecular weight excluding hydrogens is 228 g/mol. The van der Waals surface area contributed by atoms with Gasteiger partial charge in [0.2, 0.25) is 5.91 Å². The topological polar surface area (TPSA) is 92.4 Å². The van der Waals surface area contributed by atoms with Crippen molar-refractivity contribution < 1.29 is 14.7 Å². The van der Waals surface area contributed by atoms with Gasteiger partial charge in [-0.15, -0.1) is 0 Å². The van der Waals surface area contributed by atoms with Crippen molar-refractivity contribution in [1.82, 2.24) is 5.32 Å². The zero-order valence-corrected chi connectivity index (χ0v) is 9.97. The van der Waals surface area contributed by atoms with Crippen LogP contribution in [0.3, 0.4) is 0 Å². The first kappa shape index (κ1) is 14.6. The van der Waals surface area contributed by atoms with Crippen LogP contribution in [0.25, 0.3) is 0 Å². The van der Waals surface area contributed by atoms with Gasteiger partial charge >= 0.3 is 5.97 Å². The lowest BCUT2D eigenvalue weighted by atomic mass is 10.2. The van der Waals surface area contributed by atoms with Gasteiger partial charge in [-0.25, -0.2) is 4.79 Å². The highest BCUT2D eigenvalue weighted by Gasteiger charge is 2.14. The Kier molecular flexibility index (Phi) is 7.11. The van der Waals surface area contributed by atoms with Crippen LogP contribution in [0.4, 0.5) is 0 Å². The summed E-state index contributed by atoms with van der Waals surface area (Å²) in [6.07, 6.45) is 2.03. The first-order chi connectivity index (χ1) is 7.52. The molecule has 1 amide bonds. The molecule has 0 aliphatic carbocycles. The number of carbonyl (C=O) groups is 2. The lowest BCUT2D eigenvalue weighted by Crippen LogP contribution is -2.30. The highest BCUT2D eigenvalue weighted by molar-refractivity contribution is 7.79. The molecule has 4 N–H and O–H groups in total. The van der Waals surface area contributed by atoms with Crippen LogP contribution < -0.4 is 11.1 Å². The lowest BCUT2D eigenvalue weighted by molar-refractivity contribution is -0.134. The number of carbonyl (C=O) groups excluding carboxylic acids is 1. The van der Waals surface area contributed by atoms with Crippen LogP contribution >= 0.6 is 12.2 Å². The molecule has 16 heavy (non-hydrogen) atoms. The number of rotatable bonds is 7. The van der Waals surface area contributed by atoms with Crippen molar-refractivity contribution >= 4 is 29.5 Å². The third kappa shape index (κ3) is 5.45. The number of nitrogens with two attached hydrogens (primary N) is 1. The Morgan fingerprint density at radius 3 is 2.56 bits per heavy atom. The predicted molar refractivity (Wildman–Crippen MR) is 64.8 cm³/mol. The van der Waals surface area contributed by atoms with E-state index >= 15 is 0 Å². The Morgan fingerprint density at radius 2 is 2.12 bits per heavy atom. The monoisotopic (exact) mass is 244 g/mol. The van der Waals surface area contributed by atoms with Crippen molar-refractivity contribution in [1.29, 1.82) is 0 Å². The van der Waals surface area contributed by atoms with Crippen molar-refractivity contribution in [3.63, 3.8) is 0 Å². The Balaban J connectivity index is 4.57. The largest absolute Gasteiger partial charge is 0.477 e. The number of thiocarbonyl (C=S) groups is 1. The maximum absolute atomic E-state index is 11.3. The van der Waals surface area contributed by atoms with Crippen LogP contribution in [0.2, 0.25) is 0 Å². The van der Waals surface area contributed by atoms with Gasteiger partial charge in [-0.05, 0) is 11.8 Å². The molecular formula is C10H16N2O3S. The van der Waals surface area contributed by atoms with E-state index in [1.165, 1.54) is 5.37 Å².